The third kappa shape index (κ3) is 8.83. The lowest BCUT2D eigenvalue weighted by molar-refractivity contribution is -0.123. The van der Waals surface area contributed by atoms with E-state index in [1.807, 2.05) is 72.8 Å². The molecule has 0 spiro atoms. The summed E-state index contributed by atoms with van der Waals surface area (Å²) in [4.78, 5) is 11.9. The topological polar surface area (TPSA) is 44.8 Å². The molecule has 0 unspecified atom stereocenters. The highest BCUT2D eigenvalue weighted by Crippen LogP contribution is 2.36. The monoisotopic (exact) mass is 454 g/mol. The van der Waals surface area contributed by atoms with Crippen molar-refractivity contribution in [3.63, 3.8) is 0 Å². The zero-order valence-electron chi connectivity index (χ0n) is 20.1. The van der Waals surface area contributed by atoms with Gasteiger partial charge in [0.05, 0.1) is 26.4 Å². The molecule has 4 nitrogen and oxygen atoms in total. The first-order chi connectivity index (χ1) is 15.2. The fourth-order valence-corrected chi connectivity index (χ4v) is 3.83. The summed E-state index contributed by atoms with van der Waals surface area (Å²) in [6, 6.07) is 19.9. The van der Waals surface area contributed by atoms with Crippen LogP contribution in [0.3, 0.4) is 0 Å². The molecule has 0 heterocycles. The number of benzene rings is 2. The second-order valence-corrected chi connectivity index (χ2v) is 14.4. The number of rotatable bonds is 13. The summed E-state index contributed by atoms with van der Waals surface area (Å²) in [5.74, 6) is -0.192. The van der Waals surface area contributed by atoms with Crippen molar-refractivity contribution in [2.45, 2.75) is 58.2 Å². The van der Waals surface area contributed by atoms with Crippen molar-refractivity contribution in [2.75, 3.05) is 13.2 Å². The van der Waals surface area contributed by atoms with Gasteiger partial charge in [-0.15, -0.1) is 0 Å². The summed E-state index contributed by atoms with van der Waals surface area (Å²) in [6.45, 7) is 12.9. The van der Waals surface area contributed by atoms with Gasteiger partial charge in [0.15, 0.2) is 8.32 Å². The Kier molecular flexibility index (Phi) is 10.5. The van der Waals surface area contributed by atoms with E-state index in [4.69, 9.17) is 13.9 Å². The van der Waals surface area contributed by atoms with E-state index in [2.05, 4.69) is 33.9 Å². The number of hydrogen-bond donors (Lipinski definition) is 0. The molecule has 174 valence electrons. The van der Waals surface area contributed by atoms with Crippen molar-refractivity contribution in [2.24, 2.45) is 5.92 Å². The van der Waals surface area contributed by atoms with Crippen LogP contribution in [-0.4, -0.2) is 33.9 Å². The molecule has 5 heteroatoms. The summed E-state index contributed by atoms with van der Waals surface area (Å²) >= 11 is 0. The maximum Gasteiger partial charge on any atom is 0.192 e. The molecule has 2 atom stereocenters. The lowest BCUT2D eigenvalue weighted by atomic mass is 10.0. The number of ether oxygens (including phenoxy) is 2. The van der Waals surface area contributed by atoms with E-state index in [9.17, 15) is 4.79 Å². The molecule has 0 amide bonds. The fourth-order valence-electron chi connectivity index (χ4n) is 2.88. The van der Waals surface area contributed by atoms with Crippen molar-refractivity contribution in [3.05, 3.63) is 83.9 Å². The second-order valence-electron chi connectivity index (χ2n) is 9.56. The predicted molar refractivity (Wildman–Crippen MR) is 133 cm³/mol. The molecular weight excluding hydrogens is 416 g/mol. The van der Waals surface area contributed by atoms with Gasteiger partial charge in [-0.05, 0) is 29.3 Å². The van der Waals surface area contributed by atoms with Crippen LogP contribution in [0.1, 0.15) is 31.9 Å². The Labute approximate surface area is 194 Å². The Morgan fingerprint density at radius 3 is 2.00 bits per heavy atom. The first-order valence-electron chi connectivity index (χ1n) is 11.3. The Morgan fingerprint density at radius 1 is 0.906 bits per heavy atom. The molecule has 32 heavy (non-hydrogen) atoms. The molecule has 0 aromatic heterocycles. The van der Waals surface area contributed by atoms with Crippen molar-refractivity contribution < 1.29 is 18.7 Å². The molecule has 2 aromatic carbocycles. The van der Waals surface area contributed by atoms with Crippen LogP contribution in [0.2, 0.25) is 18.1 Å². The van der Waals surface area contributed by atoms with E-state index in [1.54, 1.807) is 0 Å². The van der Waals surface area contributed by atoms with Crippen molar-refractivity contribution in [1.82, 2.24) is 0 Å². The van der Waals surface area contributed by atoms with Crippen LogP contribution < -0.4 is 0 Å². The largest absolute Gasteiger partial charge is 0.413 e. The van der Waals surface area contributed by atoms with Gasteiger partial charge in [-0.25, -0.2) is 0 Å². The van der Waals surface area contributed by atoms with Gasteiger partial charge in [-0.2, -0.15) is 0 Å². The van der Waals surface area contributed by atoms with Crippen molar-refractivity contribution >= 4 is 14.6 Å². The summed E-state index contributed by atoms with van der Waals surface area (Å²) in [5.41, 5.74) is 2.14. The Hall–Kier alpha value is -2.05. The minimum Gasteiger partial charge on any atom is -0.413 e. The van der Waals surface area contributed by atoms with Crippen LogP contribution >= 0.6 is 0 Å². The predicted octanol–water partition coefficient (Wildman–Crippen LogP) is 6.18. The van der Waals surface area contributed by atoms with Gasteiger partial charge >= 0.3 is 0 Å². The quantitative estimate of drug-likeness (QED) is 0.206. The van der Waals surface area contributed by atoms with E-state index in [0.717, 1.165) is 17.4 Å². The average Bonchev–Trinajstić information content (AvgIpc) is 2.77. The Morgan fingerprint density at radius 2 is 1.47 bits per heavy atom. The molecular formula is C27H38O4Si. The number of hydrogen-bond acceptors (Lipinski definition) is 4. The maximum absolute atomic E-state index is 11.9. The van der Waals surface area contributed by atoms with Crippen LogP contribution in [0.4, 0.5) is 0 Å². The minimum absolute atomic E-state index is 0.156. The normalized spacial score (nSPS) is 14.4. The molecule has 0 radical (unpaired) electrons. The Bertz CT molecular complexity index is 813. The molecule has 0 fully saturated rings. The second kappa shape index (κ2) is 12.8. The molecule has 0 aliphatic carbocycles. The number of carbonyl (C=O) groups is 1. The maximum atomic E-state index is 11.9. The first-order valence-corrected chi connectivity index (χ1v) is 14.2. The van der Waals surface area contributed by atoms with E-state index in [0.29, 0.717) is 26.4 Å². The van der Waals surface area contributed by atoms with Crippen LogP contribution in [-0.2, 0) is 31.9 Å². The molecule has 0 bridgehead atoms. The SMILES string of the molecule is CC(C)(C)[Si](C)(C)OC/C=C/[C@@H](COCc1ccccc1)[C@@H](C=O)OCc1ccccc1. The average molecular weight is 455 g/mol. The summed E-state index contributed by atoms with van der Waals surface area (Å²) in [6.07, 6.45) is 4.29. The van der Waals surface area contributed by atoms with E-state index in [-0.39, 0.29) is 11.0 Å². The zero-order valence-corrected chi connectivity index (χ0v) is 21.1. The first kappa shape index (κ1) is 26.2. The van der Waals surface area contributed by atoms with Crippen LogP contribution in [0.5, 0.6) is 0 Å². The van der Waals surface area contributed by atoms with Gasteiger partial charge in [-0.3, -0.25) is 0 Å². The van der Waals surface area contributed by atoms with Crippen molar-refractivity contribution in [3.8, 4) is 0 Å². The van der Waals surface area contributed by atoms with E-state index in [1.165, 1.54) is 0 Å². The molecule has 0 aliphatic rings. The van der Waals surface area contributed by atoms with Crippen molar-refractivity contribution in [1.29, 1.82) is 0 Å². The van der Waals surface area contributed by atoms with Crippen LogP contribution in [0.15, 0.2) is 72.8 Å². The molecule has 0 saturated carbocycles. The third-order valence-electron chi connectivity index (χ3n) is 5.99. The standard InChI is InChI=1S/C27H38O4Si/c1-27(2,3)32(4,5)31-18-12-17-25(22-29-20-23-13-8-6-9-14-23)26(19-28)30-21-24-15-10-7-11-16-24/h6-17,19,25-26H,18,20-22H2,1-5H3/b17-12+/t25-,26+/m0/s1. The summed E-state index contributed by atoms with van der Waals surface area (Å²) in [7, 11) is -1.82. The van der Waals surface area contributed by atoms with Gasteiger partial charge < -0.3 is 18.7 Å². The highest BCUT2D eigenvalue weighted by molar-refractivity contribution is 6.74. The van der Waals surface area contributed by atoms with Gasteiger partial charge in [-0.1, -0.05) is 93.6 Å². The van der Waals surface area contributed by atoms with Gasteiger partial charge in [0.25, 0.3) is 0 Å². The van der Waals surface area contributed by atoms with Gasteiger partial charge in [0.1, 0.15) is 12.4 Å². The van der Waals surface area contributed by atoms with Crippen LogP contribution in [0.25, 0.3) is 0 Å². The molecule has 0 N–H and O–H groups in total. The van der Waals surface area contributed by atoms with E-state index < -0.39 is 14.4 Å². The smallest absolute Gasteiger partial charge is 0.192 e. The summed E-state index contributed by atoms with van der Waals surface area (Å²) in [5, 5.41) is 0.156. The number of aldehydes is 1. The lowest BCUT2D eigenvalue weighted by Gasteiger charge is -2.35. The Balaban J connectivity index is 2.00. The number of carbonyl (C=O) groups excluding carboxylic acids is 1. The van der Waals surface area contributed by atoms with Crippen LogP contribution in [0, 0.1) is 5.92 Å². The highest BCUT2D eigenvalue weighted by Gasteiger charge is 2.36. The highest BCUT2D eigenvalue weighted by atomic mass is 28.4. The molecule has 2 aromatic rings. The zero-order chi connectivity index (χ0) is 23.5. The van der Waals surface area contributed by atoms with E-state index >= 15 is 0 Å². The molecule has 0 saturated heterocycles. The summed E-state index contributed by atoms with van der Waals surface area (Å²) < 4.78 is 18.2. The fraction of sp³-hybridized carbons (Fsp3) is 0.444. The molecule has 0 aliphatic heterocycles. The third-order valence-corrected chi connectivity index (χ3v) is 10.5. The van der Waals surface area contributed by atoms with Gasteiger partial charge in [0.2, 0.25) is 0 Å². The molecule has 2 rings (SSSR count). The minimum atomic E-state index is -1.82. The lowest BCUT2D eigenvalue weighted by Crippen LogP contribution is -2.40. The van der Waals surface area contributed by atoms with Gasteiger partial charge in [0, 0.05) is 5.92 Å².